The number of alkyl halides is 3. The third-order valence-corrected chi connectivity index (χ3v) is 5.31. The number of nitrogens with zero attached hydrogens (tertiary/aromatic N) is 1. The van der Waals surface area contributed by atoms with Crippen LogP contribution in [0.15, 0.2) is 40.8 Å². The van der Waals surface area contributed by atoms with Crippen LogP contribution in [0.5, 0.6) is 0 Å². The van der Waals surface area contributed by atoms with E-state index in [-0.39, 0.29) is 31.0 Å². The molecule has 1 heterocycles. The summed E-state index contributed by atoms with van der Waals surface area (Å²) in [6, 6.07) is 6.24. The Hall–Kier alpha value is -1.38. The van der Waals surface area contributed by atoms with Gasteiger partial charge in [0.25, 0.3) is 0 Å². The molecule has 0 atom stereocenters. The molecule has 0 spiro atoms. The van der Waals surface area contributed by atoms with Crippen molar-refractivity contribution in [3.63, 3.8) is 0 Å². The summed E-state index contributed by atoms with van der Waals surface area (Å²) in [7, 11) is -3.83. The quantitative estimate of drug-likeness (QED) is 0.867. The maximum absolute atomic E-state index is 12.6. The number of rotatable bonds is 3. The maximum Gasteiger partial charge on any atom is 0.412 e. The lowest BCUT2D eigenvalue weighted by molar-refractivity contribution is -0.0953. The van der Waals surface area contributed by atoms with Gasteiger partial charge in [-0.05, 0) is 18.1 Å². The zero-order valence-electron chi connectivity index (χ0n) is 11.1. The summed E-state index contributed by atoms with van der Waals surface area (Å²) >= 11 is 0. The molecule has 0 radical (unpaired) electrons. The van der Waals surface area contributed by atoms with Gasteiger partial charge in [-0.3, -0.25) is 0 Å². The molecule has 0 unspecified atom stereocenters. The lowest BCUT2D eigenvalue weighted by Crippen LogP contribution is -2.37. The normalized spacial score (nSPS) is 17.6. The van der Waals surface area contributed by atoms with Gasteiger partial charge in [0, 0.05) is 25.2 Å². The van der Waals surface area contributed by atoms with Gasteiger partial charge in [-0.1, -0.05) is 24.3 Å². The molecule has 0 bridgehead atoms. The average molecular weight is 320 g/mol. The van der Waals surface area contributed by atoms with Crippen molar-refractivity contribution in [2.24, 2.45) is 5.73 Å². The predicted molar refractivity (Wildman–Crippen MR) is 71.8 cm³/mol. The lowest BCUT2D eigenvalue weighted by Gasteiger charge is -2.27. The van der Waals surface area contributed by atoms with E-state index in [4.69, 9.17) is 5.73 Å². The second-order valence-corrected chi connectivity index (χ2v) is 6.56. The largest absolute Gasteiger partial charge is 0.412 e. The molecule has 4 nitrogen and oxygen atoms in total. The van der Waals surface area contributed by atoms with Gasteiger partial charge in [0.15, 0.2) is 0 Å². The molecule has 0 amide bonds. The van der Waals surface area contributed by atoms with Crippen molar-refractivity contribution in [3.8, 4) is 0 Å². The molecule has 1 aromatic rings. The first kappa shape index (κ1) is 16.0. The first-order valence-electron chi connectivity index (χ1n) is 6.31. The minimum atomic E-state index is -4.40. The molecule has 1 aliphatic heterocycles. The van der Waals surface area contributed by atoms with Crippen LogP contribution >= 0.6 is 0 Å². The van der Waals surface area contributed by atoms with Crippen molar-refractivity contribution < 1.29 is 21.6 Å². The van der Waals surface area contributed by atoms with E-state index in [9.17, 15) is 21.6 Å². The van der Waals surface area contributed by atoms with Crippen LogP contribution in [0.3, 0.4) is 0 Å². The number of halogens is 3. The van der Waals surface area contributed by atoms with Crippen LogP contribution in [0.25, 0.3) is 0 Å². The Balaban J connectivity index is 2.29. The molecule has 0 fully saturated rings. The van der Waals surface area contributed by atoms with Gasteiger partial charge in [0.05, 0.1) is 4.90 Å². The highest BCUT2D eigenvalue weighted by molar-refractivity contribution is 7.89. The third-order valence-electron chi connectivity index (χ3n) is 3.35. The summed E-state index contributed by atoms with van der Waals surface area (Å²) in [5, 5.41) is 0. The number of hydrogen-bond acceptors (Lipinski definition) is 3. The molecule has 0 saturated heterocycles. The fourth-order valence-corrected chi connectivity index (χ4v) is 3.80. The first-order chi connectivity index (χ1) is 9.76. The molecule has 21 heavy (non-hydrogen) atoms. The topological polar surface area (TPSA) is 63.4 Å². The van der Waals surface area contributed by atoms with Crippen molar-refractivity contribution in [2.45, 2.75) is 24.0 Å². The first-order valence-corrected chi connectivity index (χ1v) is 7.75. The average Bonchev–Trinajstić information content (AvgIpc) is 2.46. The minimum absolute atomic E-state index is 0.0485. The van der Waals surface area contributed by atoms with Crippen LogP contribution in [0.4, 0.5) is 13.2 Å². The van der Waals surface area contributed by atoms with E-state index in [0.29, 0.717) is 5.56 Å². The van der Waals surface area contributed by atoms with E-state index in [2.05, 4.69) is 0 Å². The van der Waals surface area contributed by atoms with Crippen molar-refractivity contribution in [1.29, 1.82) is 0 Å². The van der Waals surface area contributed by atoms with Crippen LogP contribution < -0.4 is 5.73 Å². The van der Waals surface area contributed by atoms with E-state index in [0.717, 1.165) is 10.4 Å². The summed E-state index contributed by atoms with van der Waals surface area (Å²) in [5.74, 6) is 0. The van der Waals surface area contributed by atoms with Crippen LogP contribution in [0.1, 0.15) is 12.0 Å². The number of sulfonamides is 1. The fourth-order valence-electron chi connectivity index (χ4n) is 2.19. The van der Waals surface area contributed by atoms with Gasteiger partial charge in [-0.15, -0.1) is 0 Å². The molecule has 1 aliphatic rings. The predicted octanol–water partition coefficient (Wildman–Crippen LogP) is 2.03. The Kier molecular flexibility index (Phi) is 4.40. The Morgan fingerprint density at radius 2 is 1.90 bits per heavy atom. The SMILES string of the molecule is NCc1ccccc1S(=O)(=O)N1CC=C(C(F)(F)F)CC1. The van der Waals surface area contributed by atoms with E-state index in [1.807, 2.05) is 0 Å². The molecule has 2 N–H and O–H groups in total. The number of benzene rings is 1. The Morgan fingerprint density at radius 3 is 2.43 bits per heavy atom. The van der Waals surface area contributed by atoms with Gasteiger partial charge in [0.2, 0.25) is 10.0 Å². The lowest BCUT2D eigenvalue weighted by atomic mass is 10.1. The van der Waals surface area contributed by atoms with Gasteiger partial charge < -0.3 is 5.73 Å². The molecule has 1 aromatic carbocycles. The number of nitrogens with two attached hydrogens (primary N) is 1. The molecule has 0 saturated carbocycles. The van der Waals surface area contributed by atoms with E-state index in [1.54, 1.807) is 18.2 Å². The van der Waals surface area contributed by atoms with Gasteiger partial charge in [0.1, 0.15) is 0 Å². The maximum atomic E-state index is 12.6. The summed E-state index contributed by atoms with van der Waals surface area (Å²) in [4.78, 5) is 0.0522. The summed E-state index contributed by atoms with van der Waals surface area (Å²) in [6.45, 7) is -0.421. The van der Waals surface area contributed by atoms with Gasteiger partial charge in [-0.2, -0.15) is 17.5 Å². The van der Waals surface area contributed by atoms with E-state index >= 15 is 0 Å². The molecule has 2 rings (SSSR count). The summed E-state index contributed by atoms with van der Waals surface area (Å²) in [5.41, 5.74) is 5.28. The number of hydrogen-bond donors (Lipinski definition) is 1. The second kappa shape index (κ2) is 5.78. The highest BCUT2D eigenvalue weighted by Gasteiger charge is 2.37. The highest BCUT2D eigenvalue weighted by atomic mass is 32.2. The zero-order valence-corrected chi connectivity index (χ0v) is 11.9. The Labute approximate surface area is 121 Å². The standard InChI is InChI=1S/C13H15F3N2O2S/c14-13(15,16)11-5-7-18(8-6-11)21(19,20)12-4-2-1-3-10(12)9-17/h1-5H,6-9,17H2. The van der Waals surface area contributed by atoms with Crippen molar-refractivity contribution in [1.82, 2.24) is 4.31 Å². The summed E-state index contributed by atoms with van der Waals surface area (Å²) in [6.07, 6.45) is -3.81. The zero-order chi connectivity index (χ0) is 15.7. The van der Waals surface area contributed by atoms with Gasteiger partial charge >= 0.3 is 6.18 Å². The fraction of sp³-hybridized carbons (Fsp3) is 0.385. The molecular weight excluding hydrogens is 305 g/mol. The van der Waals surface area contributed by atoms with Crippen LogP contribution in [-0.4, -0.2) is 32.0 Å². The smallest absolute Gasteiger partial charge is 0.326 e. The summed E-state index contributed by atoms with van der Waals surface area (Å²) < 4.78 is 63.7. The highest BCUT2D eigenvalue weighted by Crippen LogP contribution is 2.32. The Bertz CT molecular complexity index is 654. The second-order valence-electron chi connectivity index (χ2n) is 4.65. The molecule has 8 heteroatoms. The monoisotopic (exact) mass is 320 g/mol. The third kappa shape index (κ3) is 3.28. The molecule has 0 aliphatic carbocycles. The molecular formula is C13H15F3N2O2S. The van der Waals surface area contributed by atoms with E-state index < -0.39 is 21.8 Å². The van der Waals surface area contributed by atoms with E-state index in [1.165, 1.54) is 6.07 Å². The van der Waals surface area contributed by atoms with Crippen LogP contribution in [0, 0.1) is 0 Å². The van der Waals surface area contributed by atoms with Crippen molar-refractivity contribution in [2.75, 3.05) is 13.1 Å². The molecule has 116 valence electrons. The van der Waals surface area contributed by atoms with Gasteiger partial charge in [-0.25, -0.2) is 8.42 Å². The molecule has 0 aromatic heterocycles. The Morgan fingerprint density at radius 1 is 1.24 bits per heavy atom. The van der Waals surface area contributed by atoms with Crippen LogP contribution in [-0.2, 0) is 16.6 Å². The van der Waals surface area contributed by atoms with Crippen molar-refractivity contribution >= 4 is 10.0 Å². The van der Waals surface area contributed by atoms with Crippen molar-refractivity contribution in [3.05, 3.63) is 41.5 Å². The minimum Gasteiger partial charge on any atom is -0.326 e. The van der Waals surface area contributed by atoms with Crippen LogP contribution in [0.2, 0.25) is 0 Å².